The Hall–Kier alpha value is -7.06. The molecule has 10 aromatic carbocycles. The zero-order valence-electron chi connectivity index (χ0n) is 33.3. The zero-order chi connectivity index (χ0) is 39.5. The molecule has 1 heterocycles. The minimum atomic E-state index is -1.99. The molecule has 0 spiro atoms. The van der Waals surface area contributed by atoms with Gasteiger partial charge in [0.2, 0.25) is 0 Å². The van der Waals surface area contributed by atoms with E-state index in [0.717, 1.165) is 0 Å². The SMILES string of the molecule is C[Si]1(C)c2ccccc2-c2cc3c(-c4ccc(-c5ccccc5)cc4)c4ccc(-c5ccccc5-c5ccccc5)cc4c(-c4ccc(-c5ccccc5)cc4)c3cc21. The minimum Gasteiger partial charge on any atom is -0.0623 e. The van der Waals surface area contributed by atoms with E-state index in [4.69, 9.17) is 0 Å². The van der Waals surface area contributed by atoms with Crippen molar-refractivity contribution < 1.29 is 0 Å². The van der Waals surface area contributed by atoms with Gasteiger partial charge < -0.3 is 0 Å². The molecular weight excluding hydrogens is 725 g/mol. The lowest BCUT2D eigenvalue weighted by atomic mass is 9.83. The molecule has 0 nitrogen and oxygen atoms in total. The van der Waals surface area contributed by atoms with Gasteiger partial charge >= 0.3 is 0 Å². The summed E-state index contributed by atoms with van der Waals surface area (Å²) in [6, 6.07) is 81.1. The smallest absolute Gasteiger partial charge is 0.0623 e. The summed E-state index contributed by atoms with van der Waals surface area (Å²) in [4.78, 5) is 0. The Bertz CT molecular complexity index is 3180. The third-order valence-electron chi connectivity index (χ3n) is 12.7. The van der Waals surface area contributed by atoms with Gasteiger partial charge in [-0.2, -0.15) is 0 Å². The van der Waals surface area contributed by atoms with Crippen LogP contribution >= 0.6 is 0 Å². The van der Waals surface area contributed by atoms with Crippen LogP contribution < -0.4 is 10.4 Å². The van der Waals surface area contributed by atoms with Gasteiger partial charge in [-0.3, -0.25) is 0 Å². The van der Waals surface area contributed by atoms with E-state index >= 15 is 0 Å². The average Bonchev–Trinajstić information content (AvgIpc) is 3.53. The van der Waals surface area contributed by atoms with E-state index in [2.05, 4.69) is 231 Å². The normalized spacial score (nSPS) is 12.7. The highest BCUT2D eigenvalue weighted by molar-refractivity contribution is 7.04. The Morgan fingerprint density at radius 2 is 0.627 bits per heavy atom. The third kappa shape index (κ3) is 5.89. The average molecular weight is 767 g/mol. The topological polar surface area (TPSA) is 0 Å². The van der Waals surface area contributed by atoms with Crippen molar-refractivity contribution in [3.05, 3.63) is 218 Å². The summed E-state index contributed by atoms with van der Waals surface area (Å²) in [5, 5.41) is 8.18. The molecule has 11 rings (SSSR count). The first kappa shape index (κ1) is 35.1. The van der Waals surface area contributed by atoms with Crippen molar-refractivity contribution in [1.82, 2.24) is 0 Å². The van der Waals surface area contributed by atoms with E-state index in [1.807, 2.05) is 0 Å². The summed E-state index contributed by atoms with van der Waals surface area (Å²) >= 11 is 0. The van der Waals surface area contributed by atoms with Gasteiger partial charge in [0.25, 0.3) is 0 Å². The largest absolute Gasteiger partial charge is 0.113 e. The molecule has 1 aliphatic rings. The second-order valence-electron chi connectivity index (χ2n) is 16.4. The Morgan fingerprint density at radius 1 is 0.237 bits per heavy atom. The maximum Gasteiger partial charge on any atom is 0.113 e. The molecule has 59 heavy (non-hydrogen) atoms. The van der Waals surface area contributed by atoms with Crippen molar-refractivity contribution >= 4 is 40.0 Å². The van der Waals surface area contributed by atoms with Gasteiger partial charge in [-0.15, -0.1) is 0 Å². The molecule has 0 aromatic heterocycles. The van der Waals surface area contributed by atoms with E-state index in [1.54, 1.807) is 0 Å². The Kier molecular flexibility index (Phi) is 8.39. The van der Waals surface area contributed by atoms with Gasteiger partial charge in [0, 0.05) is 0 Å². The van der Waals surface area contributed by atoms with E-state index in [1.165, 1.54) is 110 Å². The van der Waals surface area contributed by atoms with Crippen LogP contribution in [-0.2, 0) is 0 Å². The van der Waals surface area contributed by atoms with Gasteiger partial charge in [-0.1, -0.05) is 219 Å². The van der Waals surface area contributed by atoms with Crippen molar-refractivity contribution in [3.8, 4) is 77.9 Å². The molecule has 0 amide bonds. The summed E-state index contributed by atoms with van der Waals surface area (Å²) in [6.07, 6.45) is 0. The summed E-state index contributed by atoms with van der Waals surface area (Å²) in [5.41, 5.74) is 17.6. The van der Waals surface area contributed by atoms with Crippen LogP contribution in [0.25, 0.3) is 99.4 Å². The van der Waals surface area contributed by atoms with E-state index in [0.29, 0.717) is 0 Å². The van der Waals surface area contributed by atoms with Crippen molar-refractivity contribution in [3.63, 3.8) is 0 Å². The minimum absolute atomic E-state index is 1.21. The molecule has 0 bridgehead atoms. The molecular formula is C58H42Si. The standard InChI is InChI=1S/C58H42Si/c1-59(2)55-25-15-14-24-49(55)51-37-53-54(38-56(51)59)58(45-32-28-42(29-33-45)40-18-8-4-9-19-40)52-36-46(48-23-13-12-22-47(48)43-20-10-5-11-21-43)34-35-50(52)57(53)44-30-26-41(27-31-44)39-16-6-3-7-17-39/h3-38H,1-2H3. The lowest BCUT2D eigenvalue weighted by Crippen LogP contribution is -2.49. The van der Waals surface area contributed by atoms with Gasteiger partial charge in [-0.05, 0) is 122 Å². The van der Waals surface area contributed by atoms with Gasteiger partial charge in [0.05, 0.1) is 0 Å². The molecule has 10 aromatic rings. The third-order valence-corrected chi connectivity index (χ3v) is 16.2. The highest BCUT2D eigenvalue weighted by Gasteiger charge is 2.38. The molecule has 0 aliphatic carbocycles. The predicted molar refractivity (Wildman–Crippen MR) is 256 cm³/mol. The fourth-order valence-corrected chi connectivity index (χ4v) is 12.8. The molecule has 0 radical (unpaired) electrons. The zero-order valence-corrected chi connectivity index (χ0v) is 34.3. The number of hydrogen-bond acceptors (Lipinski definition) is 0. The van der Waals surface area contributed by atoms with E-state index in [9.17, 15) is 0 Å². The van der Waals surface area contributed by atoms with Crippen molar-refractivity contribution in [2.24, 2.45) is 0 Å². The number of hydrogen-bond donors (Lipinski definition) is 0. The molecule has 0 saturated heterocycles. The lowest BCUT2D eigenvalue weighted by Gasteiger charge is -2.23. The molecule has 0 fully saturated rings. The van der Waals surface area contributed by atoms with Crippen molar-refractivity contribution in [2.75, 3.05) is 0 Å². The molecule has 1 aliphatic heterocycles. The fraction of sp³-hybridized carbons (Fsp3) is 0.0345. The van der Waals surface area contributed by atoms with E-state index < -0.39 is 8.07 Å². The second kappa shape index (κ2) is 14.1. The highest BCUT2D eigenvalue weighted by Crippen LogP contribution is 2.47. The molecule has 0 N–H and O–H groups in total. The lowest BCUT2D eigenvalue weighted by molar-refractivity contribution is 1.59. The predicted octanol–water partition coefficient (Wildman–Crippen LogP) is 14.8. The molecule has 0 saturated carbocycles. The molecule has 278 valence electrons. The summed E-state index contributed by atoms with van der Waals surface area (Å²) in [7, 11) is -1.99. The Labute approximate surface area is 347 Å². The quantitative estimate of drug-likeness (QED) is 0.117. The van der Waals surface area contributed by atoms with Crippen LogP contribution in [0.3, 0.4) is 0 Å². The van der Waals surface area contributed by atoms with Crippen molar-refractivity contribution in [2.45, 2.75) is 13.1 Å². The number of rotatable bonds is 6. The molecule has 0 unspecified atom stereocenters. The van der Waals surface area contributed by atoms with Crippen LogP contribution in [0.15, 0.2) is 218 Å². The first-order valence-electron chi connectivity index (χ1n) is 20.7. The summed E-state index contributed by atoms with van der Waals surface area (Å²) < 4.78 is 0. The Balaban J connectivity index is 1.24. The Morgan fingerprint density at radius 3 is 1.20 bits per heavy atom. The monoisotopic (exact) mass is 766 g/mol. The number of fused-ring (bicyclic) bond motifs is 5. The summed E-state index contributed by atoms with van der Waals surface area (Å²) in [6.45, 7) is 5.06. The van der Waals surface area contributed by atoms with Crippen LogP contribution in [0.1, 0.15) is 0 Å². The molecule has 0 atom stereocenters. The van der Waals surface area contributed by atoms with Crippen LogP contribution in [-0.4, -0.2) is 8.07 Å². The van der Waals surface area contributed by atoms with Gasteiger partial charge in [0.15, 0.2) is 0 Å². The van der Waals surface area contributed by atoms with Gasteiger partial charge in [-0.25, -0.2) is 0 Å². The maximum atomic E-state index is 2.60. The van der Waals surface area contributed by atoms with Crippen LogP contribution in [0.5, 0.6) is 0 Å². The molecule has 1 heteroatoms. The first-order chi connectivity index (χ1) is 29.0. The maximum absolute atomic E-state index is 2.60. The van der Waals surface area contributed by atoms with Crippen LogP contribution in [0.2, 0.25) is 13.1 Å². The number of benzene rings is 10. The fourth-order valence-electron chi connectivity index (χ4n) is 9.73. The van der Waals surface area contributed by atoms with Crippen LogP contribution in [0.4, 0.5) is 0 Å². The second-order valence-corrected chi connectivity index (χ2v) is 20.8. The van der Waals surface area contributed by atoms with Crippen molar-refractivity contribution in [1.29, 1.82) is 0 Å². The van der Waals surface area contributed by atoms with Crippen LogP contribution in [0, 0.1) is 0 Å². The highest BCUT2D eigenvalue weighted by atomic mass is 28.3. The van der Waals surface area contributed by atoms with E-state index in [-0.39, 0.29) is 0 Å². The van der Waals surface area contributed by atoms with Gasteiger partial charge in [0.1, 0.15) is 8.07 Å². The summed E-state index contributed by atoms with van der Waals surface area (Å²) in [5.74, 6) is 0. The first-order valence-corrected chi connectivity index (χ1v) is 23.7.